The van der Waals surface area contributed by atoms with Crippen LogP contribution in [0.15, 0.2) is 35.3 Å². The fourth-order valence-corrected chi connectivity index (χ4v) is 2.53. The van der Waals surface area contributed by atoms with Crippen molar-refractivity contribution in [1.29, 1.82) is 0 Å². The minimum Gasteiger partial charge on any atom is -0.329 e. The van der Waals surface area contributed by atoms with E-state index in [1.165, 1.54) is 4.57 Å². The molecule has 0 spiro atoms. The van der Waals surface area contributed by atoms with Crippen LogP contribution in [0.25, 0.3) is 11.0 Å². The Kier molecular flexibility index (Phi) is 3.65. The quantitative estimate of drug-likeness (QED) is 0.755. The van der Waals surface area contributed by atoms with Crippen LogP contribution < -0.4 is 5.56 Å². The fourth-order valence-electron chi connectivity index (χ4n) is 2.15. The topological polar surface area (TPSA) is 55.6 Å². The molecule has 0 amide bonds. The van der Waals surface area contributed by atoms with Crippen molar-refractivity contribution >= 4 is 34.9 Å². The van der Waals surface area contributed by atoms with Gasteiger partial charge in [-0.3, -0.25) is 14.0 Å². The molecule has 0 aliphatic heterocycles. The van der Waals surface area contributed by atoms with Crippen molar-refractivity contribution in [1.82, 2.24) is 19.3 Å². The average molecular weight is 321 g/mol. The number of hydrogen-bond donors (Lipinski definition) is 1. The van der Waals surface area contributed by atoms with Crippen molar-refractivity contribution in [2.24, 2.45) is 0 Å². The van der Waals surface area contributed by atoms with E-state index < -0.39 is 0 Å². The third kappa shape index (κ3) is 2.64. The maximum Gasteiger partial charge on any atom is 0.283 e. The predicted molar refractivity (Wildman–Crippen MR) is 85.4 cm³/mol. The van der Waals surface area contributed by atoms with E-state index in [2.05, 4.69) is 10.1 Å². The van der Waals surface area contributed by atoms with E-state index in [0.717, 1.165) is 5.56 Å². The van der Waals surface area contributed by atoms with Gasteiger partial charge in [0.25, 0.3) is 5.56 Å². The predicted octanol–water partition coefficient (Wildman–Crippen LogP) is 2.98. The van der Waals surface area contributed by atoms with Crippen LogP contribution in [0.5, 0.6) is 0 Å². The Balaban J connectivity index is 2.11. The molecule has 0 atom stereocenters. The zero-order valence-electron chi connectivity index (χ0n) is 11.3. The first-order chi connectivity index (χ1) is 10.1. The van der Waals surface area contributed by atoms with Gasteiger partial charge in [0, 0.05) is 17.8 Å². The second-order valence-corrected chi connectivity index (χ2v) is 5.52. The van der Waals surface area contributed by atoms with Gasteiger partial charge in [-0.05, 0) is 36.8 Å². The second kappa shape index (κ2) is 5.46. The Labute approximate surface area is 130 Å². The van der Waals surface area contributed by atoms with Gasteiger partial charge in [-0.15, -0.1) is 0 Å². The highest BCUT2D eigenvalue weighted by molar-refractivity contribution is 7.71. The van der Waals surface area contributed by atoms with Gasteiger partial charge >= 0.3 is 0 Å². The van der Waals surface area contributed by atoms with E-state index in [1.807, 2.05) is 19.1 Å². The maximum atomic E-state index is 12.5. The molecule has 0 unspecified atom stereocenters. The third-order valence-corrected chi connectivity index (χ3v) is 3.85. The van der Waals surface area contributed by atoms with E-state index in [0.29, 0.717) is 33.9 Å². The molecule has 3 aromatic rings. The lowest BCUT2D eigenvalue weighted by molar-refractivity contribution is 0.664. The zero-order valence-corrected chi connectivity index (χ0v) is 12.9. The summed E-state index contributed by atoms with van der Waals surface area (Å²) in [5.41, 5.74) is 1.84. The molecular weight excluding hydrogens is 308 g/mol. The number of hydrogen-bond acceptors (Lipinski definition) is 3. The summed E-state index contributed by atoms with van der Waals surface area (Å²) in [5.74, 6) is 0. The molecule has 1 N–H and O–H groups in total. The third-order valence-electron chi connectivity index (χ3n) is 3.27. The highest BCUT2D eigenvalue weighted by Gasteiger charge is 2.10. The van der Waals surface area contributed by atoms with Gasteiger partial charge < -0.3 is 4.98 Å². The first-order valence-corrected chi connectivity index (χ1v) is 7.32. The van der Waals surface area contributed by atoms with E-state index in [1.54, 1.807) is 23.0 Å². The second-order valence-electron chi connectivity index (χ2n) is 4.69. The molecule has 0 bridgehead atoms. The number of nitrogens with one attached hydrogen (secondary N) is 1. The minimum absolute atomic E-state index is 0.184. The number of H-pyrrole nitrogens is 1. The molecule has 2 heterocycles. The smallest absolute Gasteiger partial charge is 0.283 e. The lowest BCUT2D eigenvalue weighted by Gasteiger charge is -2.06. The van der Waals surface area contributed by atoms with Crippen molar-refractivity contribution in [2.75, 3.05) is 0 Å². The molecule has 0 aliphatic carbocycles. The van der Waals surface area contributed by atoms with E-state index in [4.69, 9.17) is 23.8 Å². The van der Waals surface area contributed by atoms with Crippen LogP contribution in [0.2, 0.25) is 5.02 Å². The monoisotopic (exact) mass is 320 g/mol. The van der Waals surface area contributed by atoms with Crippen LogP contribution in [0.3, 0.4) is 0 Å². The highest BCUT2D eigenvalue weighted by atomic mass is 35.5. The minimum atomic E-state index is -0.184. The molecule has 0 saturated heterocycles. The first-order valence-electron chi connectivity index (χ1n) is 6.53. The molecule has 2 aromatic heterocycles. The number of nitrogens with zero attached hydrogens (tertiary/aromatic N) is 3. The highest BCUT2D eigenvalue weighted by Crippen LogP contribution is 2.11. The number of benzene rings is 1. The molecule has 0 aliphatic rings. The molecule has 3 rings (SSSR count). The van der Waals surface area contributed by atoms with Gasteiger partial charge in [0.1, 0.15) is 0 Å². The van der Waals surface area contributed by atoms with Crippen molar-refractivity contribution < 1.29 is 0 Å². The van der Waals surface area contributed by atoms with Gasteiger partial charge in [0.2, 0.25) is 0 Å². The Morgan fingerprint density at radius 2 is 2.05 bits per heavy atom. The van der Waals surface area contributed by atoms with Gasteiger partial charge in [0.15, 0.2) is 10.3 Å². The van der Waals surface area contributed by atoms with Gasteiger partial charge in [-0.1, -0.05) is 23.7 Å². The summed E-state index contributed by atoms with van der Waals surface area (Å²) in [4.78, 5) is 15.6. The average Bonchev–Trinajstić information content (AvgIpc) is 2.88. The molecule has 21 heavy (non-hydrogen) atoms. The van der Waals surface area contributed by atoms with Crippen molar-refractivity contribution in [3.05, 3.63) is 56.2 Å². The van der Waals surface area contributed by atoms with Crippen LogP contribution in [0.4, 0.5) is 0 Å². The largest absolute Gasteiger partial charge is 0.329 e. The van der Waals surface area contributed by atoms with Gasteiger partial charge in [-0.25, -0.2) is 0 Å². The standard InChI is InChI=1S/C14H13ClN4OS/c1-2-18-8-11-12(17-18)13(20)19(14(21)16-11)7-9-3-5-10(15)6-4-9/h3-6,8H,2,7H2,1H3,(H,16,21). The summed E-state index contributed by atoms with van der Waals surface area (Å²) in [7, 11) is 0. The Hall–Kier alpha value is -1.92. The normalized spacial score (nSPS) is 11.1. The molecule has 7 heteroatoms. The number of fused-ring (bicyclic) bond motifs is 1. The summed E-state index contributed by atoms with van der Waals surface area (Å²) < 4.78 is 3.61. The van der Waals surface area contributed by atoms with E-state index in [9.17, 15) is 4.79 Å². The van der Waals surface area contributed by atoms with Crippen LogP contribution in [-0.2, 0) is 13.1 Å². The first kappa shape index (κ1) is 14.0. The van der Waals surface area contributed by atoms with Gasteiger partial charge in [-0.2, -0.15) is 5.10 Å². The number of aromatic nitrogens is 4. The van der Waals surface area contributed by atoms with Crippen LogP contribution in [0, 0.1) is 4.77 Å². The molecule has 5 nitrogen and oxygen atoms in total. The Morgan fingerprint density at radius 3 is 2.71 bits per heavy atom. The van der Waals surface area contributed by atoms with Crippen molar-refractivity contribution in [3.63, 3.8) is 0 Å². The molecule has 1 aromatic carbocycles. The molecule has 108 valence electrons. The van der Waals surface area contributed by atoms with E-state index >= 15 is 0 Å². The Morgan fingerprint density at radius 1 is 1.33 bits per heavy atom. The molecule has 0 fully saturated rings. The van der Waals surface area contributed by atoms with Crippen LogP contribution in [-0.4, -0.2) is 19.3 Å². The molecule has 0 saturated carbocycles. The molecular formula is C14H13ClN4OS. The number of aromatic amines is 1. The fraction of sp³-hybridized carbons (Fsp3) is 0.214. The number of aryl methyl sites for hydroxylation is 1. The summed E-state index contributed by atoms with van der Waals surface area (Å²) >= 11 is 11.1. The summed E-state index contributed by atoms with van der Waals surface area (Å²) in [5, 5.41) is 4.93. The lowest BCUT2D eigenvalue weighted by atomic mass is 10.2. The summed E-state index contributed by atoms with van der Waals surface area (Å²) in [6, 6.07) is 7.33. The van der Waals surface area contributed by atoms with Crippen LogP contribution in [0.1, 0.15) is 12.5 Å². The number of rotatable bonds is 3. The van der Waals surface area contributed by atoms with Crippen molar-refractivity contribution in [2.45, 2.75) is 20.0 Å². The lowest BCUT2D eigenvalue weighted by Crippen LogP contribution is -2.22. The zero-order chi connectivity index (χ0) is 15.0. The summed E-state index contributed by atoms with van der Waals surface area (Å²) in [6.07, 6.45) is 1.79. The maximum absolute atomic E-state index is 12.5. The Bertz CT molecular complexity index is 907. The van der Waals surface area contributed by atoms with E-state index in [-0.39, 0.29) is 5.56 Å². The van der Waals surface area contributed by atoms with Gasteiger partial charge in [0.05, 0.1) is 12.1 Å². The number of halogens is 1. The van der Waals surface area contributed by atoms with Crippen molar-refractivity contribution in [3.8, 4) is 0 Å². The summed E-state index contributed by atoms with van der Waals surface area (Å²) in [6.45, 7) is 3.05. The SMILES string of the molecule is CCn1cc2[nH]c(=S)n(Cc3ccc(Cl)cc3)c(=O)c2n1. The molecule has 0 radical (unpaired) electrons. The van der Waals surface area contributed by atoms with Crippen LogP contribution >= 0.6 is 23.8 Å².